The summed E-state index contributed by atoms with van der Waals surface area (Å²) in [4.78, 5) is 0. The SMILES string of the molecule is O=P1(c2ccccc2)c2ccccc2-c2ccc3c4ccccc4n(-c4cccc5c4c4ccccc4n5-c4ccccc4)c3c21. The van der Waals surface area contributed by atoms with Crippen LogP contribution < -0.4 is 15.9 Å². The summed E-state index contributed by atoms with van der Waals surface area (Å²) in [5.74, 6) is 0. The zero-order valence-corrected chi connectivity index (χ0v) is 25.7. The Labute approximate surface area is 266 Å². The predicted molar refractivity (Wildman–Crippen MR) is 194 cm³/mol. The Hall–Kier alpha value is -5.63. The first-order valence-electron chi connectivity index (χ1n) is 15.7. The molecule has 4 heteroatoms. The van der Waals surface area contributed by atoms with E-state index in [0.29, 0.717) is 0 Å². The highest BCUT2D eigenvalue weighted by molar-refractivity contribution is 7.86. The Balaban J connectivity index is 1.42. The fourth-order valence-electron chi connectivity index (χ4n) is 7.87. The van der Waals surface area contributed by atoms with Gasteiger partial charge >= 0.3 is 0 Å². The number of nitrogens with zero attached hydrogens (tertiary/aromatic N) is 2. The predicted octanol–water partition coefficient (Wildman–Crippen LogP) is 9.50. The molecule has 7 aromatic carbocycles. The van der Waals surface area contributed by atoms with Gasteiger partial charge in [0.25, 0.3) is 0 Å². The van der Waals surface area contributed by atoms with E-state index in [1.54, 1.807) is 0 Å². The van der Waals surface area contributed by atoms with E-state index in [9.17, 15) is 0 Å². The van der Waals surface area contributed by atoms with E-state index in [2.05, 4.69) is 137 Å². The van der Waals surface area contributed by atoms with Gasteiger partial charge in [0.2, 0.25) is 0 Å². The Bertz CT molecular complexity index is 2720. The summed E-state index contributed by atoms with van der Waals surface area (Å²) >= 11 is 0. The molecule has 46 heavy (non-hydrogen) atoms. The van der Waals surface area contributed by atoms with Crippen LogP contribution in [-0.2, 0) is 4.57 Å². The van der Waals surface area contributed by atoms with Crippen molar-refractivity contribution in [3.8, 4) is 22.5 Å². The standard InChI is InChI=1S/C42H27N2OP/c45-46(29-16-5-2-6-17-29)39-25-12-9-19-31(39)33-27-26-32-30-18-7-10-21-35(30)44(41(32)42(33)46)38-24-13-23-37-40(38)34-20-8-11-22-36(34)43(37)28-14-3-1-4-15-28/h1-27H. The summed E-state index contributed by atoms with van der Waals surface area (Å²) in [6.45, 7) is 0. The maximum absolute atomic E-state index is 16.0. The molecule has 1 aliphatic heterocycles. The number of para-hydroxylation sites is 3. The van der Waals surface area contributed by atoms with Crippen molar-refractivity contribution in [2.24, 2.45) is 0 Å². The van der Waals surface area contributed by atoms with Crippen LogP contribution in [0, 0.1) is 0 Å². The molecular weight excluding hydrogens is 579 g/mol. The van der Waals surface area contributed by atoms with Crippen LogP contribution >= 0.6 is 7.14 Å². The number of benzene rings is 7. The van der Waals surface area contributed by atoms with Crippen molar-refractivity contribution in [2.75, 3.05) is 0 Å². The lowest BCUT2D eigenvalue weighted by atomic mass is 10.0. The zero-order chi connectivity index (χ0) is 30.4. The van der Waals surface area contributed by atoms with Gasteiger partial charge in [0.05, 0.1) is 33.1 Å². The molecule has 0 radical (unpaired) electrons. The van der Waals surface area contributed by atoms with Crippen molar-refractivity contribution in [3.63, 3.8) is 0 Å². The molecule has 9 aromatic rings. The zero-order valence-electron chi connectivity index (χ0n) is 24.8. The van der Waals surface area contributed by atoms with E-state index >= 15 is 4.57 Å². The van der Waals surface area contributed by atoms with Crippen LogP contribution in [0.2, 0.25) is 0 Å². The second kappa shape index (κ2) is 9.44. The second-order valence-corrected chi connectivity index (χ2v) is 14.7. The van der Waals surface area contributed by atoms with Crippen molar-refractivity contribution in [2.45, 2.75) is 0 Å². The van der Waals surface area contributed by atoms with Crippen LogP contribution in [0.5, 0.6) is 0 Å². The highest BCUT2D eigenvalue weighted by Crippen LogP contribution is 2.55. The Kier molecular flexibility index (Phi) is 5.27. The first-order valence-corrected chi connectivity index (χ1v) is 17.4. The summed E-state index contributed by atoms with van der Waals surface area (Å²) in [6.07, 6.45) is 0. The Morgan fingerprint density at radius 2 is 1.07 bits per heavy atom. The van der Waals surface area contributed by atoms with Gasteiger partial charge in [-0.1, -0.05) is 127 Å². The third-order valence-electron chi connectivity index (χ3n) is 9.71. The van der Waals surface area contributed by atoms with Gasteiger partial charge in [-0.2, -0.15) is 0 Å². The molecule has 1 aliphatic rings. The maximum Gasteiger partial charge on any atom is 0.174 e. The van der Waals surface area contributed by atoms with Crippen LogP contribution in [0.4, 0.5) is 0 Å². The molecule has 1 unspecified atom stereocenters. The molecule has 2 aromatic heterocycles. The minimum atomic E-state index is -3.23. The Morgan fingerprint density at radius 1 is 0.435 bits per heavy atom. The first kappa shape index (κ1) is 25.7. The molecular formula is C42H27N2OP. The second-order valence-electron chi connectivity index (χ2n) is 12.0. The van der Waals surface area contributed by atoms with E-state index < -0.39 is 7.14 Å². The molecule has 0 amide bonds. The van der Waals surface area contributed by atoms with Crippen molar-refractivity contribution in [1.29, 1.82) is 0 Å². The molecule has 216 valence electrons. The first-order chi connectivity index (χ1) is 22.7. The molecule has 10 rings (SSSR count). The number of hydrogen-bond donors (Lipinski definition) is 0. The van der Waals surface area contributed by atoms with Gasteiger partial charge in [0.1, 0.15) is 0 Å². The molecule has 0 saturated heterocycles. The van der Waals surface area contributed by atoms with E-state index in [1.165, 1.54) is 10.8 Å². The lowest BCUT2D eigenvalue weighted by Gasteiger charge is -2.19. The van der Waals surface area contributed by atoms with Gasteiger partial charge in [0.15, 0.2) is 7.14 Å². The lowest BCUT2D eigenvalue weighted by Crippen LogP contribution is -2.22. The topological polar surface area (TPSA) is 26.9 Å². The van der Waals surface area contributed by atoms with Gasteiger partial charge in [-0.3, -0.25) is 0 Å². The van der Waals surface area contributed by atoms with Gasteiger partial charge < -0.3 is 13.7 Å². The van der Waals surface area contributed by atoms with Crippen LogP contribution in [-0.4, -0.2) is 9.13 Å². The van der Waals surface area contributed by atoms with Crippen LogP contribution in [0.15, 0.2) is 164 Å². The van der Waals surface area contributed by atoms with E-state index in [4.69, 9.17) is 0 Å². The van der Waals surface area contributed by atoms with Gasteiger partial charge in [-0.05, 0) is 47.5 Å². The fraction of sp³-hybridized carbons (Fsp3) is 0. The molecule has 0 fully saturated rings. The molecule has 0 bridgehead atoms. The van der Waals surface area contributed by atoms with Gasteiger partial charge in [0, 0.05) is 37.8 Å². The highest BCUT2D eigenvalue weighted by atomic mass is 31.2. The largest absolute Gasteiger partial charge is 0.309 e. The monoisotopic (exact) mass is 606 g/mol. The summed E-state index contributed by atoms with van der Waals surface area (Å²) in [7, 11) is -3.23. The summed E-state index contributed by atoms with van der Waals surface area (Å²) in [5, 5.41) is 7.33. The van der Waals surface area contributed by atoms with Crippen molar-refractivity contribution in [1.82, 2.24) is 9.13 Å². The highest BCUT2D eigenvalue weighted by Gasteiger charge is 2.42. The third kappa shape index (κ3) is 3.25. The quantitative estimate of drug-likeness (QED) is 0.184. The number of hydrogen-bond acceptors (Lipinski definition) is 1. The smallest absolute Gasteiger partial charge is 0.174 e. The average molecular weight is 607 g/mol. The number of fused-ring (bicyclic) bond motifs is 10. The van der Waals surface area contributed by atoms with Crippen molar-refractivity contribution < 1.29 is 4.57 Å². The van der Waals surface area contributed by atoms with E-state index in [1.807, 2.05) is 36.4 Å². The fourth-order valence-corrected chi connectivity index (χ4v) is 11.1. The molecule has 0 spiro atoms. The van der Waals surface area contributed by atoms with Crippen molar-refractivity contribution in [3.05, 3.63) is 164 Å². The lowest BCUT2D eigenvalue weighted by molar-refractivity contribution is 0.593. The molecule has 0 N–H and O–H groups in total. The number of aromatic nitrogens is 2. The Morgan fingerprint density at radius 3 is 1.87 bits per heavy atom. The molecule has 3 nitrogen and oxygen atoms in total. The van der Waals surface area contributed by atoms with Gasteiger partial charge in [-0.25, -0.2) is 0 Å². The van der Waals surface area contributed by atoms with Crippen LogP contribution in [0.1, 0.15) is 0 Å². The molecule has 0 aliphatic carbocycles. The van der Waals surface area contributed by atoms with E-state index in [0.717, 1.165) is 71.3 Å². The normalized spacial score (nSPS) is 15.6. The molecule has 3 heterocycles. The number of rotatable bonds is 3. The van der Waals surface area contributed by atoms with Crippen LogP contribution in [0.25, 0.3) is 66.1 Å². The van der Waals surface area contributed by atoms with Crippen LogP contribution in [0.3, 0.4) is 0 Å². The average Bonchev–Trinajstić information content (AvgIpc) is 3.73. The minimum Gasteiger partial charge on any atom is -0.309 e. The molecule has 0 saturated carbocycles. The summed E-state index contributed by atoms with van der Waals surface area (Å²) in [6, 6.07) is 57.2. The van der Waals surface area contributed by atoms with Gasteiger partial charge in [-0.15, -0.1) is 0 Å². The van der Waals surface area contributed by atoms with Crippen molar-refractivity contribution >= 4 is 66.7 Å². The minimum absolute atomic E-state index is 0.865. The summed E-state index contributed by atoms with van der Waals surface area (Å²) in [5.41, 5.74) is 8.73. The maximum atomic E-state index is 16.0. The van der Waals surface area contributed by atoms with E-state index in [-0.39, 0.29) is 0 Å². The third-order valence-corrected chi connectivity index (χ3v) is 12.9. The summed E-state index contributed by atoms with van der Waals surface area (Å²) < 4.78 is 20.7. The molecule has 1 atom stereocenters.